The number of nitrogens with one attached hydrogen (secondary N) is 1. The lowest BCUT2D eigenvalue weighted by Crippen LogP contribution is -2.44. The Labute approximate surface area is 123 Å². The molecule has 20 heavy (non-hydrogen) atoms. The van der Waals surface area contributed by atoms with Crippen LogP contribution >= 0.6 is 11.6 Å². The standard InChI is InChI=1S/C15H20ClF2NO/c1-15(2,3)13(6-7-16)19-14(20)9-10-4-5-11(17)12(18)8-10/h4-5,8,13H,6-7,9H2,1-3H3,(H,19,20). The topological polar surface area (TPSA) is 29.1 Å². The summed E-state index contributed by atoms with van der Waals surface area (Å²) in [6, 6.07) is 3.42. The summed E-state index contributed by atoms with van der Waals surface area (Å²) < 4.78 is 25.9. The van der Waals surface area contributed by atoms with Crippen molar-refractivity contribution in [2.24, 2.45) is 5.41 Å². The summed E-state index contributed by atoms with van der Waals surface area (Å²) in [6.45, 7) is 6.05. The molecule has 1 atom stereocenters. The average Bonchev–Trinajstić information content (AvgIpc) is 2.32. The number of carbonyl (C=O) groups excluding carboxylic acids is 1. The van der Waals surface area contributed by atoms with Crippen LogP contribution in [0.1, 0.15) is 32.8 Å². The highest BCUT2D eigenvalue weighted by molar-refractivity contribution is 6.17. The van der Waals surface area contributed by atoms with Gasteiger partial charge in [0.1, 0.15) is 0 Å². The lowest BCUT2D eigenvalue weighted by molar-refractivity contribution is -0.121. The van der Waals surface area contributed by atoms with Crippen LogP contribution in [0.25, 0.3) is 0 Å². The van der Waals surface area contributed by atoms with E-state index in [1.165, 1.54) is 6.07 Å². The van der Waals surface area contributed by atoms with Crippen LogP contribution in [0.3, 0.4) is 0 Å². The van der Waals surface area contributed by atoms with E-state index in [1.807, 2.05) is 20.8 Å². The zero-order chi connectivity index (χ0) is 15.3. The quantitative estimate of drug-likeness (QED) is 0.826. The molecule has 0 heterocycles. The Bertz CT molecular complexity index is 471. The summed E-state index contributed by atoms with van der Waals surface area (Å²) in [6.07, 6.45) is 0.681. The first kappa shape index (κ1) is 16.9. The van der Waals surface area contributed by atoms with Crippen molar-refractivity contribution in [3.8, 4) is 0 Å². The molecule has 1 aromatic rings. The van der Waals surface area contributed by atoms with E-state index >= 15 is 0 Å². The first-order valence-corrected chi connectivity index (χ1v) is 7.06. The fourth-order valence-electron chi connectivity index (χ4n) is 1.91. The molecule has 1 amide bonds. The Balaban J connectivity index is 2.68. The Hall–Kier alpha value is -1.16. The first-order chi connectivity index (χ1) is 9.24. The number of carbonyl (C=O) groups is 1. The van der Waals surface area contributed by atoms with Crippen LogP contribution in [0, 0.1) is 17.0 Å². The minimum atomic E-state index is -0.941. The van der Waals surface area contributed by atoms with E-state index in [4.69, 9.17) is 11.6 Å². The predicted molar refractivity (Wildman–Crippen MR) is 76.8 cm³/mol. The summed E-state index contributed by atoms with van der Waals surface area (Å²) in [5.41, 5.74) is 0.332. The van der Waals surface area contributed by atoms with Gasteiger partial charge in [-0.25, -0.2) is 8.78 Å². The summed E-state index contributed by atoms with van der Waals surface area (Å²) in [7, 11) is 0. The van der Waals surface area contributed by atoms with E-state index < -0.39 is 11.6 Å². The van der Waals surface area contributed by atoms with Crippen molar-refractivity contribution >= 4 is 17.5 Å². The molecule has 0 saturated carbocycles. The third-order valence-electron chi connectivity index (χ3n) is 3.13. The van der Waals surface area contributed by atoms with Gasteiger partial charge in [0.15, 0.2) is 11.6 Å². The number of rotatable bonds is 5. The third-order valence-corrected chi connectivity index (χ3v) is 3.35. The van der Waals surface area contributed by atoms with Crippen molar-refractivity contribution in [2.75, 3.05) is 5.88 Å². The van der Waals surface area contributed by atoms with E-state index in [9.17, 15) is 13.6 Å². The minimum Gasteiger partial charge on any atom is -0.353 e. The van der Waals surface area contributed by atoms with Crippen LogP contribution < -0.4 is 5.32 Å². The van der Waals surface area contributed by atoms with Crippen LogP contribution in [0.2, 0.25) is 0 Å². The zero-order valence-electron chi connectivity index (χ0n) is 12.0. The van der Waals surface area contributed by atoms with E-state index in [-0.39, 0.29) is 23.8 Å². The lowest BCUT2D eigenvalue weighted by Gasteiger charge is -2.31. The number of hydrogen-bond acceptors (Lipinski definition) is 1. The van der Waals surface area contributed by atoms with Crippen LogP contribution in [-0.4, -0.2) is 17.8 Å². The molecule has 0 fully saturated rings. The van der Waals surface area contributed by atoms with E-state index in [1.54, 1.807) is 0 Å². The van der Waals surface area contributed by atoms with Crippen LogP contribution in [0.4, 0.5) is 8.78 Å². The molecule has 1 rings (SSSR count). The molecule has 1 N–H and O–H groups in total. The molecule has 0 aliphatic heterocycles. The molecule has 1 unspecified atom stereocenters. The lowest BCUT2D eigenvalue weighted by atomic mass is 9.85. The number of amides is 1. The van der Waals surface area contributed by atoms with Crippen LogP contribution in [0.15, 0.2) is 18.2 Å². The molecule has 112 valence electrons. The highest BCUT2D eigenvalue weighted by Crippen LogP contribution is 2.22. The van der Waals surface area contributed by atoms with Gasteiger partial charge in [0.25, 0.3) is 0 Å². The van der Waals surface area contributed by atoms with Gasteiger partial charge < -0.3 is 5.32 Å². The van der Waals surface area contributed by atoms with E-state index in [2.05, 4.69) is 5.32 Å². The van der Waals surface area contributed by atoms with Gasteiger partial charge in [-0.2, -0.15) is 0 Å². The second kappa shape index (κ2) is 7.02. The fourth-order valence-corrected chi connectivity index (χ4v) is 2.13. The van der Waals surface area contributed by atoms with Gasteiger partial charge in [-0.1, -0.05) is 26.8 Å². The maximum atomic E-state index is 13.1. The molecule has 0 radical (unpaired) electrons. The van der Waals surface area contributed by atoms with E-state index in [0.717, 1.165) is 12.1 Å². The Kier molecular flexibility index (Phi) is 5.93. The van der Waals surface area contributed by atoms with Gasteiger partial charge in [0.05, 0.1) is 6.42 Å². The average molecular weight is 304 g/mol. The molecule has 0 spiro atoms. The molecule has 0 aliphatic rings. The largest absolute Gasteiger partial charge is 0.353 e. The molecule has 1 aromatic carbocycles. The molecule has 5 heteroatoms. The smallest absolute Gasteiger partial charge is 0.224 e. The third kappa shape index (κ3) is 5.08. The van der Waals surface area contributed by atoms with Gasteiger partial charge >= 0.3 is 0 Å². The summed E-state index contributed by atoms with van der Waals surface area (Å²) in [5, 5.41) is 2.90. The predicted octanol–water partition coefficient (Wildman–Crippen LogP) is 3.67. The Morgan fingerprint density at radius 1 is 1.30 bits per heavy atom. The van der Waals surface area contributed by atoms with Gasteiger partial charge in [-0.3, -0.25) is 4.79 Å². The van der Waals surface area contributed by atoms with Crippen molar-refractivity contribution in [2.45, 2.75) is 39.7 Å². The second-order valence-corrected chi connectivity index (χ2v) is 6.27. The molecule has 0 aromatic heterocycles. The SMILES string of the molecule is CC(C)(C)C(CCCl)NC(=O)Cc1ccc(F)c(F)c1. The Morgan fingerprint density at radius 2 is 1.95 bits per heavy atom. The van der Waals surface area contributed by atoms with Crippen LogP contribution in [0.5, 0.6) is 0 Å². The number of halogens is 3. The summed E-state index contributed by atoms with van der Waals surface area (Å²) in [5.74, 6) is -1.62. The van der Waals surface area contributed by atoms with Gasteiger partial charge in [-0.15, -0.1) is 11.6 Å². The normalized spacial score (nSPS) is 13.1. The Morgan fingerprint density at radius 3 is 2.45 bits per heavy atom. The van der Waals surface area contributed by atoms with Gasteiger partial charge in [0.2, 0.25) is 5.91 Å². The minimum absolute atomic E-state index is 0.0199. The maximum absolute atomic E-state index is 13.1. The monoisotopic (exact) mass is 303 g/mol. The van der Waals surface area contributed by atoms with Crippen molar-refractivity contribution in [3.05, 3.63) is 35.4 Å². The van der Waals surface area contributed by atoms with Crippen molar-refractivity contribution < 1.29 is 13.6 Å². The van der Waals surface area contributed by atoms with Crippen molar-refractivity contribution in [3.63, 3.8) is 0 Å². The fraction of sp³-hybridized carbons (Fsp3) is 0.533. The molecular formula is C15H20ClF2NO. The number of alkyl halides is 1. The summed E-state index contributed by atoms with van der Waals surface area (Å²) >= 11 is 5.74. The number of hydrogen-bond donors (Lipinski definition) is 1. The number of benzene rings is 1. The summed E-state index contributed by atoms with van der Waals surface area (Å²) in [4.78, 5) is 12.0. The zero-order valence-corrected chi connectivity index (χ0v) is 12.7. The highest BCUT2D eigenvalue weighted by Gasteiger charge is 2.25. The molecule has 0 aliphatic carbocycles. The molecule has 0 saturated heterocycles. The highest BCUT2D eigenvalue weighted by atomic mass is 35.5. The molecule has 0 bridgehead atoms. The van der Waals surface area contributed by atoms with E-state index in [0.29, 0.717) is 17.9 Å². The van der Waals surface area contributed by atoms with Gasteiger partial charge in [0, 0.05) is 11.9 Å². The van der Waals surface area contributed by atoms with Crippen molar-refractivity contribution in [1.29, 1.82) is 0 Å². The second-order valence-electron chi connectivity index (χ2n) is 5.89. The maximum Gasteiger partial charge on any atom is 0.224 e. The first-order valence-electron chi connectivity index (χ1n) is 6.53. The molecular weight excluding hydrogens is 284 g/mol. The van der Waals surface area contributed by atoms with Crippen molar-refractivity contribution in [1.82, 2.24) is 5.32 Å². The molecule has 2 nitrogen and oxygen atoms in total. The van der Waals surface area contributed by atoms with Crippen LogP contribution in [-0.2, 0) is 11.2 Å². The van der Waals surface area contributed by atoms with Gasteiger partial charge in [-0.05, 0) is 29.5 Å².